The quantitative estimate of drug-likeness (QED) is 0.817. The van der Waals surface area contributed by atoms with E-state index in [0.717, 1.165) is 19.4 Å². The summed E-state index contributed by atoms with van der Waals surface area (Å²) in [6.45, 7) is 12.1. The molecule has 0 radical (unpaired) electrons. The van der Waals surface area contributed by atoms with Gasteiger partial charge in [0.1, 0.15) is 0 Å². The molecule has 2 heteroatoms. The van der Waals surface area contributed by atoms with Crippen LogP contribution < -0.4 is 5.32 Å². The Hall–Kier alpha value is -1.28. The van der Waals surface area contributed by atoms with Crippen LogP contribution in [0.15, 0.2) is 12.1 Å². The summed E-state index contributed by atoms with van der Waals surface area (Å²) in [5.41, 5.74) is 6.88. The summed E-state index contributed by atoms with van der Waals surface area (Å²) < 4.78 is 0. The highest BCUT2D eigenvalue weighted by Gasteiger charge is 2.19. The van der Waals surface area contributed by atoms with E-state index in [-0.39, 0.29) is 0 Å². The molecule has 2 rings (SSSR count). The summed E-state index contributed by atoms with van der Waals surface area (Å²) in [4.78, 5) is 3.63. The van der Waals surface area contributed by atoms with Crippen LogP contribution >= 0.6 is 0 Å². The minimum absolute atomic E-state index is 0.454. The van der Waals surface area contributed by atoms with Crippen molar-refractivity contribution in [3.8, 4) is 0 Å². The Morgan fingerprint density at radius 1 is 1.16 bits per heavy atom. The Labute approximate surface area is 116 Å². The first-order chi connectivity index (χ1) is 9.12. The molecule has 0 aliphatic carbocycles. The summed E-state index contributed by atoms with van der Waals surface area (Å²) in [6, 6.07) is 5.01. The molecule has 1 aromatic carbocycles. The summed E-state index contributed by atoms with van der Waals surface area (Å²) in [5, 5.41) is 5.05. The molecule has 1 heterocycles. The topological polar surface area (TPSA) is 27.8 Å². The number of aromatic amines is 1. The Morgan fingerprint density at radius 3 is 2.47 bits per heavy atom. The zero-order valence-electron chi connectivity index (χ0n) is 12.9. The van der Waals surface area contributed by atoms with Gasteiger partial charge in [0.15, 0.2) is 0 Å². The maximum absolute atomic E-state index is 3.63. The summed E-state index contributed by atoms with van der Waals surface area (Å²) in [5.74, 6) is 0. The number of hydrogen-bond acceptors (Lipinski definition) is 1. The van der Waals surface area contributed by atoms with Crippen LogP contribution in [-0.2, 0) is 6.42 Å². The fourth-order valence-electron chi connectivity index (χ4n) is 3.16. The van der Waals surface area contributed by atoms with E-state index in [1.807, 2.05) is 0 Å². The van der Waals surface area contributed by atoms with Crippen LogP contribution in [0.4, 0.5) is 0 Å². The van der Waals surface area contributed by atoms with E-state index in [2.05, 4.69) is 57.1 Å². The second kappa shape index (κ2) is 5.79. The van der Waals surface area contributed by atoms with E-state index in [4.69, 9.17) is 0 Å². The predicted octanol–water partition coefficient (Wildman–Crippen LogP) is 4.41. The maximum Gasteiger partial charge on any atom is 0.0464 e. The van der Waals surface area contributed by atoms with Crippen molar-refractivity contribution < 1.29 is 0 Å². The van der Waals surface area contributed by atoms with E-state index >= 15 is 0 Å². The minimum Gasteiger partial charge on any atom is -0.358 e. The van der Waals surface area contributed by atoms with Crippen LogP contribution in [-0.4, -0.2) is 11.5 Å². The highest BCUT2D eigenvalue weighted by molar-refractivity contribution is 5.89. The molecule has 0 aliphatic rings. The van der Waals surface area contributed by atoms with Crippen molar-refractivity contribution in [2.24, 2.45) is 0 Å². The Bertz CT molecular complexity index is 566. The predicted molar refractivity (Wildman–Crippen MR) is 83.9 cm³/mol. The molecular weight excluding hydrogens is 232 g/mol. The summed E-state index contributed by atoms with van der Waals surface area (Å²) in [6.07, 6.45) is 2.19. The molecule has 1 atom stereocenters. The third-order valence-corrected chi connectivity index (χ3v) is 3.92. The Morgan fingerprint density at radius 2 is 1.89 bits per heavy atom. The molecule has 2 aromatic rings. The Balaban J connectivity index is 2.69. The number of rotatable bonds is 5. The minimum atomic E-state index is 0.454. The SMILES string of the molecule is CCNC(CC)c1c(CC)[nH]c2cc(C)cc(C)c12. The third-order valence-electron chi connectivity index (χ3n) is 3.92. The standard InChI is InChI=1S/C17H26N2/c1-6-13(18-8-3)17-14(7-2)19-15-10-11(4)9-12(5)16(15)17/h9-10,13,18-19H,6-8H2,1-5H3. The highest BCUT2D eigenvalue weighted by Crippen LogP contribution is 2.33. The number of aryl methyl sites for hydroxylation is 3. The van der Waals surface area contributed by atoms with E-state index in [1.165, 1.54) is 33.3 Å². The molecule has 2 N–H and O–H groups in total. The van der Waals surface area contributed by atoms with Crippen molar-refractivity contribution in [2.75, 3.05) is 6.54 Å². The zero-order chi connectivity index (χ0) is 14.0. The van der Waals surface area contributed by atoms with E-state index < -0.39 is 0 Å². The van der Waals surface area contributed by atoms with E-state index in [0.29, 0.717) is 6.04 Å². The maximum atomic E-state index is 3.63. The smallest absolute Gasteiger partial charge is 0.0464 e. The van der Waals surface area contributed by atoms with Gasteiger partial charge in [-0.05, 0) is 56.0 Å². The number of hydrogen-bond donors (Lipinski definition) is 2. The van der Waals surface area contributed by atoms with Crippen molar-refractivity contribution in [3.05, 3.63) is 34.5 Å². The van der Waals surface area contributed by atoms with Crippen molar-refractivity contribution in [1.29, 1.82) is 0 Å². The molecule has 0 saturated heterocycles. The molecule has 0 aliphatic heterocycles. The Kier molecular flexibility index (Phi) is 4.31. The van der Waals surface area contributed by atoms with Crippen LogP contribution in [0, 0.1) is 13.8 Å². The number of fused-ring (bicyclic) bond motifs is 1. The van der Waals surface area contributed by atoms with Gasteiger partial charge in [0, 0.05) is 22.6 Å². The monoisotopic (exact) mass is 258 g/mol. The van der Waals surface area contributed by atoms with Gasteiger partial charge >= 0.3 is 0 Å². The second-order valence-corrected chi connectivity index (χ2v) is 5.39. The number of H-pyrrole nitrogens is 1. The van der Waals surface area contributed by atoms with E-state index in [9.17, 15) is 0 Å². The molecule has 1 aromatic heterocycles. The van der Waals surface area contributed by atoms with Crippen LogP contribution in [0.3, 0.4) is 0 Å². The lowest BCUT2D eigenvalue weighted by Crippen LogP contribution is -2.21. The van der Waals surface area contributed by atoms with Gasteiger partial charge in [-0.25, -0.2) is 0 Å². The van der Waals surface area contributed by atoms with Crippen LogP contribution in [0.5, 0.6) is 0 Å². The molecule has 2 nitrogen and oxygen atoms in total. The van der Waals surface area contributed by atoms with Crippen LogP contribution in [0.1, 0.15) is 55.6 Å². The van der Waals surface area contributed by atoms with Gasteiger partial charge in [0.2, 0.25) is 0 Å². The molecule has 0 spiro atoms. The summed E-state index contributed by atoms with van der Waals surface area (Å²) in [7, 11) is 0. The van der Waals surface area contributed by atoms with Gasteiger partial charge in [-0.2, -0.15) is 0 Å². The number of aromatic nitrogens is 1. The fraction of sp³-hybridized carbons (Fsp3) is 0.529. The molecule has 0 amide bonds. The van der Waals surface area contributed by atoms with Crippen molar-refractivity contribution >= 4 is 10.9 Å². The summed E-state index contributed by atoms with van der Waals surface area (Å²) >= 11 is 0. The second-order valence-electron chi connectivity index (χ2n) is 5.39. The van der Waals surface area contributed by atoms with E-state index in [1.54, 1.807) is 0 Å². The van der Waals surface area contributed by atoms with Gasteiger partial charge in [0.25, 0.3) is 0 Å². The van der Waals surface area contributed by atoms with Crippen LogP contribution in [0.2, 0.25) is 0 Å². The molecule has 0 saturated carbocycles. The molecule has 0 fully saturated rings. The van der Waals surface area contributed by atoms with Crippen molar-refractivity contribution in [3.63, 3.8) is 0 Å². The number of benzene rings is 1. The van der Waals surface area contributed by atoms with Gasteiger partial charge in [-0.3, -0.25) is 0 Å². The van der Waals surface area contributed by atoms with Gasteiger partial charge in [-0.15, -0.1) is 0 Å². The third kappa shape index (κ3) is 2.55. The van der Waals surface area contributed by atoms with Gasteiger partial charge in [0.05, 0.1) is 0 Å². The highest BCUT2D eigenvalue weighted by atomic mass is 14.9. The lowest BCUT2D eigenvalue weighted by molar-refractivity contribution is 0.536. The molecule has 19 heavy (non-hydrogen) atoms. The fourth-order valence-corrected chi connectivity index (χ4v) is 3.16. The largest absolute Gasteiger partial charge is 0.358 e. The van der Waals surface area contributed by atoms with Gasteiger partial charge < -0.3 is 10.3 Å². The lowest BCUT2D eigenvalue weighted by Gasteiger charge is -2.18. The first kappa shape index (κ1) is 14.1. The number of nitrogens with one attached hydrogen (secondary N) is 2. The van der Waals surface area contributed by atoms with Crippen molar-refractivity contribution in [1.82, 2.24) is 10.3 Å². The first-order valence-electron chi connectivity index (χ1n) is 7.47. The van der Waals surface area contributed by atoms with Crippen LogP contribution in [0.25, 0.3) is 10.9 Å². The van der Waals surface area contributed by atoms with Gasteiger partial charge in [-0.1, -0.05) is 26.8 Å². The molecule has 104 valence electrons. The molecule has 0 bridgehead atoms. The molecular formula is C17H26N2. The average molecular weight is 258 g/mol. The zero-order valence-corrected chi connectivity index (χ0v) is 12.9. The van der Waals surface area contributed by atoms with Crippen molar-refractivity contribution in [2.45, 2.75) is 53.5 Å². The normalized spacial score (nSPS) is 13.1. The molecule has 1 unspecified atom stereocenters. The first-order valence-corrected chi connectivity index (χ1v) is 7.47. The average Bonchev–Trinajstić information content (AvgIpc) is 2.74. The lowest BCUT2D eigenvalue weighted by atomic mass is 9.96.